The predicted molar refractivity (Wildman–Crippen MR) is 82.8 cm³/mol. The van der Waals surface area contributed by atoms with Crippen molar-refractivity contribution >= 4 is 25.3 Å². The van der Waals surface area contributed by atoms with Crippen LogP contribution in [-0.2, 0) is 12.8 Å². The largest absolute Gasteiger partial charge is 0.327 e. The predicted octanol–water partition coefficient (Wildman–Crippen LogP) is 3.38. The van der Waals surface area contributed by atoms with Crippen molar-refractivity contribution in [2.75, 3.05) is 0 Å². The zero-order valence-electron chi connectivity index (χ0n) is 10.1. The zero-order valence-corrected chi connectivity index (χ0v) is 11.9. The maximum Gasteiger partial charge on any atom is 0.0120 e. The third-order valence-electron chi connectivity index (χ3n) is 2.82. The SMILES string of the molecule is NC(Cc1cccc(S)c1)Cc1cccc(S)c1. The minimum absolute atomic E-state index is 0.121. The highest BCUT2D eigenvalue weighted by Crippen LogP contribution is 2.14. The van der Waals surface area contributed by atoms with Gasteiger partial charge < -0.3 is 5.73 Å². The summed E-state index contributed by atoms with van der Waals surface area (Å²) in [5.41, 5.74) is 8.65. The molecule has 0 radical (unpaired) electrons. The third kappa shape index (κ3) is 4.09. The molecule has 0 amide bonds. The summed E-state index contributed by atoms with van der Waals surface area (Å²) in [7, 11) is 0. The maximum atomic E-state index is 6.19. The molecule has 2 rings (SSSR count). The molecule has 0 spiro atoms. The van der Waals surface area contributed by atoms with Crippen molar-refractivity contribution in [2.45, 2.75) is 28.7 Å². The van der Waals surface area contributed by atoms with Crippen LogP contribution in [-0.4, -0.2) is 6.04 Å². The summed E-state index contributed by atoms with van der Waals surface area (Å²) in [6.45, 7) is 0. The normalized spacial score (nSPS) is 10.9. The first kappa shape index (κ1) is 13.5. The second kappa shape index (κ2) is 6.32. The van der Waals surface area contributed by atoms with Crippen LogP contribution in [0.5, 0.6) is 0 Å². The number of hydrogen-bond acceptors (Lipinski definition) is 3. The Balaban J connectivity index is 1.98. The molecule has 0 aliphatic carbocycles. The molecule has 0 aliphatic rings. The van der Waals surface area contributed by atoms with E-state index < -0.39 is 0 Å². The van der Waals surface area contributed by atoms with E-state index in [-0.39, 0.29) is 6.04 Å². The van der Waals surface area contributed by atoms with Gasteiger partial charge in [-0.25, -0.2) is 0 Å². The molecule has 0 fully saturated rings. The first-order chi connectivity index (χ1) is 8.63. The molecule has 0 aliphatic heterocycles. The van der Waals surface area contributed by atoms with Gasteiger partial charge in [0.2, 0.25) is 0 Å². The third-order valence-corrected chi connectivity index (χ3v) is 3.37. The average Bonchev–Trinajstić information content (AvgIpc) is 2.28. The van der Waals surface area contributed by atoms with Gasteiger partial charge in [0.25, 0.3) is 0 Å². The van der Waals surface area contributed by atoms with E-state index in [4.69, 9.17) is 5.73 Å². The van der Waals surface area contributed by atoms with E-state index in [1.807, 2.05) is 24.3 Å². The molecule has 0 saturated carbocycles. The summed E-state index contributed by atoms with van der Waals surface area (Å²) < 4.78 is 0. The Bertz CT molecular complexity index is 478. The molecule has 3 heteroatoms. The van der Waals surface area contributed by atoms with Crippen LogP contribution >= 0.6 is 25.3 Å². The van der Waals surface area contributed by atoms with Gasteiger partial charge in [0, 0.05) is 15.8 Å². The highest BCUT2D eigenvalue weighted by Gasteiger charge is 2.06. The van der Waals surface area contributed by atoms with E-state index >= 15 is 0 Å². The molecule has 0 heterocycles. The van der Waals surface area contributed by atoms with Crippen LogP contribution < -0.4 is 5.73 Å². The molecule has 2 aromatic carbocycles. The summed E-state index contributed by atoms with van der Waals surface area (Å²) in [5, 5.41) is 0. The summed E-state index contributed by atoms with van der Waals surface area (Å²) in [6.07, 6.45) is 1.73. The van der Waals surface area contributed by atoms with Crippen molar-refractivity contribution in [3.05, 3.63) is 59.7 Å². The van der Waals surface area contributed by atoms with E-state index in [0.29, 0.717) is 0 Å². The first-order valence-electron chi connectivity index (χ1n) is 5.95. The monoisotopic (exact) mass is 275 g/mol. The molecule has 1 nitrogen and oxygen atoms in total. The lowest BCUT2D eigenvalue weighted by Crippen LogP contribution is -2.25. The summed E-state index contributed by atoms with van der Waals surface area (Å²) in [5.74, 6) is 0. The van der Waals surface area contributed by atoms with Crippen molar-refractivity contribution in [1.29, 1.82) is 0 Å². The molecule has 94 valence electrons. The average molecular weight is 275 g/mol. The summed E-state index contributed by atoms with van der Waals surface area (Å²) in [6, 6.07) is 16.4. The fourth-order valence-electron chi connectivity index (χ4n) is 2.04. The van der Waals surface area contributed by atoms with Gasteiger partial charge in [0.1, 0.15) is 0 Å². The van der Waals surface area contributed by atoms with Crippen molar-refractivity contribution in [3.63, 3.8) is 0 Å². The Morgan fingerprint density at radius 3 is 1.67 bits per heavy atom. The maximum absolute atomic E-state index is 6.19. The fraction of sp³-hybridized carbons (Fsp3) is 0.200. The van der Waals surface area contributed by atoms with Crippen molar-refractivity contribution in [2.24, 2.45) is 5.73 Å². The minimum atomic E-state index is 0.121. The second-order valence-corrected chi connectivity index (χ2v) is 5.54. The first-order valence-corrected chi connectivity index (χ1v) is 6.84. The number of nitrogens with two attached hydrogens (primary N) is 1. The van der Waals surface area contributed by atoms with Crippen LogP contribution in [0, 0.1) is 0 Å². The van der Waals surface area contributed by atoms with E-state index in [2.05, 4.69) is 49.5 Å². The van der Waals surface area contributed by atoms with E-state index in [9.17, 15) is 0 Å². The lowest BCUT2D eigenvalue weighted by Gasteiger charge is -2.12. The number of thiol groups is 2. The Morgan fingerprint density at radius 2 is 1.28 bits per heavy atom. The van der Waals surface area contributed by atoms with Crippen LogP contribution in [0.25, 0.3) is 0 Å². The van der Waals surface area contributed by atoms with Crippen LogP contribution in [0.3, 0.4) is 0 Å². The van der Waals surface area contributed by atoms with Gasteiger partial charge in [0.05, 0.1) is 0 Å². The van der Waals surface area contributed by atoms with Crippen molar-refractivity contribution in [3.8, 4) is 0 Å². The highest BCUT2D eigenvalue weighted by molar-refractivity contribution is 7.80. The Labute approximate surface area is 119 Å². The lowest BCUT2D eigenvalue weighted by atomic mass is 10.00. The van der Waals surface area contributed by atoms with Gasteiger partial charge in [-0.3, -0.25) is 0 Å². The van der Waals surface area contributed by atoms with Gasteiger partial charge in [-0.1, -0.05) is 24.3 Å². The van der Waals surface area contributed by atoms with Crippen molar-refractivity contribution < 1.29 is 0 Å². The molecule has 2 aromatic rings. The molecule has 0 saturated heterocycles. The topological polar surface area (TPSA) is 26.0 Å². The van der Waals surface area contributed by atoms with Gasteiger partial charge in [-0.2, -0.15) is 0 Å². The van der Waals surface area contributed by atoms with Crippen LogP contribution in [0.1, 0.15) is 11.1 Å². The zero-order chi connectivity index (χ0) is 13.0. The molecular formula is C15H17NS2. The minimum Gasteiger partial charge on any atom is -0.327 e. The second-order valence-electron chi connectivity index (χ2n) is 4.51. The summed E-state index contributed by atoms with van der Waals surface area (Å²) >= 11 is 8.68. The highest BCUT2D eigenvalue weighted by atomic mass is 32.1. The smallest absolute Gasteiger partial charge is 0.0120 e. The molecular weight excluding hydrogens is 258 g/mol. The van der Waals surface area contributed by atoms with E-state index in [1.54, 1.807) is 0 Å². The van der Waals surface area contributed by atoms with E-state index in [1.165, 1.54) is 11.1 Å². The van der Waals surface area contributed by atoms with Gasteiger partial charge >= 0.3 is 0 Å². The molecule has 2 N–H and O–H groups in total. The molecule has 0 unspecified atom stereocenters. The van der Waals surface area contributed by atoms with Gasteiger partial charge in [-0.05, 0) is 48.2 Å². The fourth-order valence-corrected chi connectivity index (χ4v) is 2.55. The van der Waals surface area contributed by atoms with Crippen LogP contribution in [0.15, 0.2) is 58.3 Å². The number of rotatable bonds is 4. The van der Waals surface area contributed by atoms with Crippen LogP contribution in [0.4, 0.5) is 0 Å². The Kier molecular flexibility index (Phi) is 4.75. The van der Waals surface area contributed by atoms with Gasteiger partial charge in [0.15, 0.2) is 0 Å². The summed E-state index contributed by atoms with van der Waals surface area (Å²) in [4.78, 5) is 1.97. The number of hydrogen-bond donors (Lipinski definition) is 3. The van der Waals surface area contributed by atoms with Crippen LogP contribution in [0.2, 0.25) is 0 Å². The van der Waals surface area contributed by atoms with Gasteiger partial charge in [-0.15, -0.1) is 25.3 Å². The van der Waals surface area contributed by atoms with E-state index in [0.717, 1.165) is 22.6 Å². The molecule has 0 atom stereocenters. The Hall–Kier alpha value is -0.900. The standard InChI is InChI=1S/C15H17NS2/c16-13(7-11-3-1-5-14(17)9-11)8-12-4-2-6-15(18)10-12/h1-6,9-10,13,17-18H,7-8,16H2. The molecule has 0 bridgehead atoms. The van der Waals surface area contributed by atoms with Crippen molar-refractivity contribution in [1.82, 2.24) is 0 Å². The lowest BCUT2D eigenvalue weighted by molar-refractivity contribution is 0.663. The quantitative estimate of drug-likeness (QED) is 0.733. The molecule has 0 aromatic heterocycles. The number of benzene rings is 2. The molecule has 18 heavy (non-hydrogen) atoms. The Morgan fingerprint density at radius 1 is 0.833 bits per heavy atom.